The van der Waals surface area contributed by atoms with Gasteiger partial charge in [-0.05, 0) is 56.1 Å². The molecule has 0 radical (unpaired) electrons. The molecule has 1 aromatic carbocycles. The van der Waals surface area contributed by atoms with Gasteiger partial charge in [-0.2, -0.15) is 8.78 Å². The average molecular weight is 603 g/mol. The SMILES string of the molecule is COc1ccc2nc3c(nc2c1)O[C@H]1CN(C(=O)[C@H](C(C)(C)C)NC(=O)O[C@@H]2C[C@H]2CCCCCC3)[C@H](C(C)=O)C1(F)F. The van der Waals surface area contributed by atoms with E-state index in [0.29, 0.717) is 28.9 Å². The average Bonchev–Trinajstić information content (AvgIpc) is 3.60. The van der Waals surface area contributed by atoms with Gasteiger partial charge in [0, 0.05) is 6.07 Å². The van der Waals surface area contributed by atoms with E-state index in [9.17, 15) is 14.4 Å². The van der Waals surface area contributed by atoms with Crippen molar-refractivity contribution >= 4 is 28.8 Å². The van der Waals surface area contributed by atoms with Crippen molar-refractivity contribution in [2.24, 2.45) is 11.3 Å². The highest BCUT2D eigenvalue weighted by molar-refractivity contribution is 5.93. The second-order valence-corrected chi connectivity index (χ2v) is 13.0. The largest absolute Gasteiger partial charge is 0.497 e. The molecule has 2 aliphatic heterocycles. The third-order valence-electron chi connectivity index (χ3n) is 8.53. The number of Topliss-reactive ketones (excluding diaryl/α,β-unsaturated/α-hetero) is 1. The Kier molecular flexibility index (Phi) is 8.50. The lowest BCUT2D eigenvalue weighted by molar-refractivity contribution is -0.150. The number of methoxy groups -OCH3 is 1. The van der Waals surface area contributed by atoms with Crippen LogP contribution in [0.15, 0.2) is 18.2 Å². The summed E-state index contributed by atoms with van der Waals surface area (Å²) < 4.78 is 48.8. The summed E-state index contributed by atoms with van der Waals surface area (Å²) >= 11 is 0. The minimum Gasteiger partial charge on any atom is -0.497 e. The van der Waals surface area contributed by atoms with E-state index >= 15 is 8.78 Å². The highest BCUT2D eigenvalue weighted by atomic mass is 19.3. The van der Waals surface area contributed by atoms with Crippen molar-refractivity contribution in [3.05, 3.63) is 23.9 Å². The number of amides is 2. The summed E-state index contributed by atoms with van der Waals surface area (Å²) in [5.74, 6) is -4.72. The number of carbonyl (C=O) groups is 3. The van der Waals surface area contributed by atoms with Crippen LogP contribution in [0, 0.1) is 11.3 Å². The second-order valence-electron chi connectivity index (χ2n) is 13.0. The third kappa shape index (κ3) is 6.52. The maximum Gasteiger partial charge on any atom is 0.408 e. The van der Waals surface area contributed by atoms with Gasteiger partial charge in [0.05, 0.1) is 24.7 Å². The number of alkyl halides is 2. The van der Waals surface area contributed by atoms with Crippen LogP contribution in [-0.4, -0.2) is 76.5 Å². The first kappa shape index (κ1) is 30.9. The monoisotopic (exact) mass is 602 g/mol. The molecule has 234 valence electrons. The lowest BCUT2D eigenvalue weighted by Crippen LogP contribution is -2.58. The summed E-state index contributed by atoms with van der Waals surface area (Å²) in [5, 5.41) is 2.61. The van der Waals surface area contributed by atoms with E-state index in [1.807, 2.05) is 0 Å². The summed E-state index contributed by atoms with van der Waals surface area (Å²) in [6.45, 7) is 5.57. The molecule has 0 unspecified atom stereocenters. The molecule has 1 saturated heterocycles. The number of ketones is 1. The summed E-state index contributed by atoms with van der Waals surface area (Å²) in [7, 11) is 1.51. The van der Waals surface area contributed by atoms with Crippen molar-refractivity contribution in [2.75, 3.05) is 13.7 Å². The van der Waals surface area contributed by atoms with Crippen LogP contribution in [0.5, 0.6) is 11.6 Å². The van der Waals surface area contributed by atoms with Crippen molar-refractivity contribution in [2.45, 2.75) is 103 Å². The number of nitrogens with one attached hydrogen (secondary N) is 1. The van der Waals surface area contributed by atoms with E-state index in [4.69, 9.17) is 19.2 Å². The Bertz CT molecular complexity index is 1400. The van der Waals surface area contributed by atoms with Crippen LogP contribution in [-0.2, 0) is 20.7 Å². The van der Waals surface area contributed by atoms with Crippen LogP contribution in [0.2, 0.25) is 0 Å². The maximum absolute atomic E-state index is 16.0. The molecule has 43 heavy (non-hydrogen) atoms. The number of fused-ring (bicyclic) bond motifs is 5. The van der Waals surface area contributed by atoms with Crippen LogP contribution in [0.1, 0.15) is 71.9 Å². The summed E-state index contributed by atoms with van der Waals surface area (Å²) in [6.07, 6.45) is 2.83. The first-order valence-electron chi connectivity index (χ1n) is 15.0. The van der Waals surface area contributed by atoms with Gasteiger partial charge in [0.2, 0.25) is 11.8 Å². The minimum absolute atomic E-state index is 0.0603. The Morgan fingerprint density at radius 3 is 2.53 bits per heavy atom. The van der Waals surface area contributed by atoms with Gasteiger partial charge < -0.3 is 24.4 Å². The fraction of sp³-hybridized carbons (Fsp3) is 0.645. The molecule has 10 nitrogen and oxygen atoms in total. The lowest BCUT2D eigenvalue weighted by Gasteiger charge is -2.35. The number of nitrogens with zero attached hydrogens (tertiary/aromatic N) is 3. The predicted octanol–water partition coefficient (Wildman–Crippen LogP) is 4.86. The zero-order valence-electron chi connectivity index (χ0n) is 25.3. The van der Waals surface area contributed by atoms with E-state index in [1.165, 1.54) is 7.11 Å². The number of halogens is 2. The first-order chi connectivity index (χ1) is 20.3. The van der Waals surface area contributed by atoms with Crippen molar-refractivity contribution in [3.8, 4) is 11.6 Å². The molecule has 5 atom stereocenters. The summed E-state index contributed by atoms with van der Waals surface area (Å²) in [4.78, 5) is 49.5. The third-order valence-corrected chi connectivity index (χ3v) is 8.53. The number of alkyl carbamates (subject to hydrolysis) is 1. The number of carbonyl (C=O) groups excluding carboxylic acids is 3. The maximum atomic E-state index is 16.0. The van der Waals surface area contributed by atoms with Crippen LogP contribution in [0.25, 0.3) is 11.0 Å². The molecule has 5 rings (SSSR count). The van der Waals surface area contributed by atoms with Gasteiger partial charge in [0.1, 0.15) is 23.6 Å². The molecule has 2 amide bonds. The van der Waals surface area contributed by atoms with Gasteiger partial charge in [-0.1, -0.05) is 40.0 Å². The molecule has 1 N–H and O–H groups in total. The number of benzene rings is 1. The van der Waals surface area contributed by atoms with E-state index in [-0.39, 0.29) is 17.9 Å². The van der Waals surface area contributed by atoms with Gasteiger partial charge in [-0.25, -0.2) is 14.8 Å². The van der Waals surface area contributed by atoms with Gasteiger partial charge in [-0.15, -0.1) is 0 Å². The number of aryl methyl sites for hydroxylation is 1. The zero-order chi connectivity index (χ0) is 31.1. The van der Waals surface area contributed by atoms with Crippen molar-refractivity contribution in [3.63, 3.8) is 0 Å². The van der Waals surface area contributed by atoms with Crippen molar-refractivity contribution in [1.82, 2.24) is 20.2 Å². The molecule has 3 aliphatic rings. The summed E-state index contributed by atoms with van der Waals surface area (Å²) in [5.41, 5.74) is 0.541. The van der Waals surface area contributed by atoms with E-state index in [0.717, 1.165) is 50.3 Å². The molecular formula is C31H40F2N4O6. The van der Waals surface area contributed by atoms with Crippen molar-refractivity contribution < 1.29 is 37.4 Å². The number of rotatable bonds is 2. The molecule has 0 spiro atoms. The molecule has 3 heterocycles. The minimum atomic E-state index is -3.74. The molecular weight excluding hydrogens is 562 g/mol. The smallest absolute Gasteiger partial charge is 0.408 e. The molecule has 2 aromatic rings. The van der Waals surface area contributed by atoms with Gasteiger partial charge >= 0.3 is 12.0 Å². The van der Waals surface area contributed by atoms with Gasteiger partial charge in [0.15, 0.2) is 17.9 Å². The van der Waals surface area contributed by atoms with Crippen LogP contribution in [0.3, 0.4) is 0 Å². The van der Waals surface area contributed by atoms with Crippen LogP contribution in [0.4, 0.5) is 13.6 Å². The molecule has 2 fully saturated rings. The van der Waals surface area contributed by atoms with Gasteiger partial charge in [0.25, 0.3) is 0 Å². The normalized spacial score (nSPS) is 28.3. The van der Waals surface area contributed by atoms with Gasteiger partial charge in [-0.3, -0.25) is 9.59 Å². The predicted molar refractivity (Wildman–Crippen MR) is 153 cm³/mol. The fourth-order valence-electron chi connectivity index (χ4n) is 6.01. The molecule has 12 heteroatoms. The van der Waals surface area contributed by atoms with E-state index in [1.54, 1.807) is 39.0 Å². The lowest BCUT2D eigenvalue weighted by atomic mass is 9.85. The molecule has 1 aliphatic carbocycles. The quantitative estimate of drug-likeness (QED) is 0.518. The number of hydrogen-bond donors (Lipinski definition) is 1. The van der Waals surface area contributed by atoms with E-state index < -0.39 is 53.9 Å². The van der Waals surface area contributed by atoms with Crippen LogP contribution >= 0.6 is 0 Å². The number of hydrogen-bond acceptors (Lipinski definition) is 8. The van der Waals surface area contributed by atoms with Crippen molar-refractivity contribution in [1.29, 1.82) is 0 Å². The van der Waals surface area contributed by atoms with E-state index in [2.05, 4.69) is 10.3 Å². The second kappa shape index (κ2) is 11.8. The zero-order valence-corrected chi connectivity index (χ0v) is 25.3. The number of ether oxygens (including phenoxy) is 3. The topological polar surface area (TPSA) is 120 Å². The molecule has 2 bridgehead atoms. The standard InChI is InChI=1S/C31H40F2N4O6/c1-17(38)26-31(32,33)24-16-37(26)28(39)25(30(2,3)4)36-29(40)42-23-14-18(23)10-8-6-7-9-11-21-27(43-24)35-22-15-19(41-5)12-13-20(22)34-21/h12-13,15,18,23-26H,6-11,14,16H2,1-5H3,(H,36,40)/t18-,23-,24+,25-,26-/m1/s1. The number of aromatic nitrogens is 2. The Morgan fingerprint density at radius 2 is 1.84 bits per heavy atom. The Hall–Kier alpha value is -3.57. The Balaban J connectivity index is 1.53. The molecule has 1 saturated carbocycles. The highest BCUT2D eigenvalue weighted by Crippen LogP contribution is 2.41. The Morgan fingerprint density at radius 1 is 1.09 bits per heavy atom. The fourth-order valence-corrected chi connectivity index (χ4v) is 6.01. The highest BCUT2D eigenvalue weighted by Gasteiger charge is 2.63. The first-order valence-corrected chi connectivity index (χ1v) is 15.0. The summed E-state index contributed by atoms with van der Waals surface area (Å²) in [6, 6.07) is 1.84. The Labute approximate surface area is 249 Å². The molecule has 1 aromatic heterocycles. The van der Waals surface area contributed by atoms with Crippen LogP contribution < -0.4 is 14.8 Å².